The average Bonchev–Trinajstić information content (AvgIpc) is 2.67. The molecule has 0 spiro atoms. The van der Waals surface area contributed by atoms with Gasteiger partial charge in [0.25, 0.3) is 0 Å². The molecule has 0 unspecified atom stereocenters. The Kier molecular flexibility index (Phi) is 19.2. The normalized spacial score (nSPS) is 13.8. The molecular weight excluding hydrogens is 340 g/mol. The standard InChI is InChI=1S/C22H44N2O3/c1-2-3-4-5-6-7-8-9-10-11-12-13-14-16-21(26)20(19-25)24-22(27)17-15-18-23/h14,16,20-21,25-26H,2-13,15,17-19,23H2,1H3,(H,24,27)/b16-14+/t20-,21+/m0/s1. The van der Waals surface area contributed by atoms with Crippen LogP contribution in [0.1, 0.15) is 96.8 Å². The number of aliphatic hydroxyl groups excluding tert-OH is 2. The van der Waals surface area contributed by atoms with Crippen molar-refractivity contribution in [1.82, 2.24) is 5.32 Å². The van der Waals surface area contributed by atoms with Crippen LogP contribution in [0.25, 0.3) is 0 Å². The summed E-state index contributed by atoms with van der Waals surface area (Å²) < 4.78 is 0. The van der Waals surface area contributed by atoms with Gasteiger partial charge in [0.2, 0.25) is 5.91 Å². The molecule has 0 saturated heterocycles. The van der Waals surface area contributed by atoms with Crippen LogP contribution in [0.15, 0.2) is 12.2 Å². The first-order valence-corrected chi connectivity index (χ1v) is 11.1. The number of unbranched alkanes of at least 4 members (excludes halogenated alkanes) is 11. The van der Waals surface area contributed by atoms with Crippen LogP contribution in [-0.4, -0.2) is 41.4 Å². The molecule has 5 heteroatoms. The monoisotopic (exact) mass is 384 g/mol. The van der Waals surface area contributed by atoms with Crippen LogP contribution in [0.2, 0.25) is 0 Å². The summed E-state index contributed by atoms with van der Waals surface area (Å²) in [5, 5.41) is 22.1. The Hall–Kier alpha value is -0.910. The molecule has 0 aromatic carbocycles. The van der Waals surface area contributed by atoms with Gasteiger partial charge in [-0.05, 0) is 25.8 Å². The fraction of sp³-hybridized carbons (Fsp3) is 0.864. The van der Waals surface area contributed by atoms with Gasteiger partial charge in [-0.2, -0.15) is 0 Å². The highest BCUT2D eigenvalue weighted by atomic mass is 16.3. The highest BCUT2D eigenvalue weighted by Gasteiger charge is 2.17. The summed E-state index contributed by atoms with van der Waals surface area (Å²) in [5.41, 5.74) is 5.37. The van der Waals surface area contributed by atoms with E-state index in [2.05, 4.69) is 12.2 Å². The number of carbonyl (C=O) groups excluding carboxylic acids is 1. The predicted octanol–water partition coefficient (Wildman–Crippen LogP) is 3.82. The van der Waals surface area contributed by atoms with E-state index in [1.54, 1.807) is 6.08 Å². The minimum atomic E-state index is -0.857. The minimum absolute atomic E-state index is 0.183. The van der Waals surface area contributed by atoms with Gasteiger partial charge in [-0.25, -0.2) is 0 Å². The highest BCUT2D eigenvalue weighted by Crippen LogP contribution is 2.12. The van der Waals surface area contributed by atoms with Crippen molar-refractivity contribution >= 4 is 5.91 Å². The number of nitrogens with one attached hydrogen (secondary N) is 1. The Balaban J connectivity index is 3.63. The maximum atomic E-state index is 11.7. The summed E-state index contributed by atoms with van der Waals surface area (Å²) in [5.74, 6) is -0.183. The number of carbonyl (C=O) groups is 1. The second kappa shape index (κ2) is 19.8. The van der Waals surface area contributed by atoms with Crippen molar-refractivity contribution in [2.75, 3.05) is 13.2 Å². The molecule has 5 nitrogen and oxygen atoms in total. The Morgan fingerprint density at radius 3 is 2.04 bits per heavy atom. The third kappa shape index (κ3) is 17.0. The smallest absolute Gasteiger partial charge is 0.220 e. The number of rotatable bonds is 19. The number of hydrogen-bond donors (Lipinski definition) is 4. The topological polar surface area (TPSA) is 95.6 Å². The molecule has 0 aliphatic rings. The van der Waals surface area contributed by atoms with E-state index in [0.29, 0.717) is 19.4 Å². The molecule has 0 fully saturated rings. The van der Waals surface area contributed by atoms with Crippen molar-refractivity contribution in [1.29, 1.82) is 0 Å². The van der Waals surface area contributed by atoms with Crippen LogP contribution >= 0.6 is 0 Å². The van der Waals surface area contributed by atoms with Crippen molar-refractivity contribution in [2.24, 2.45) is 5.73 Å². The summed E-state index contributed by atoms with van der Waals surface area (Å²) in [6, 6.07) is -0.649. The molecule has 0 bridgehead atoms. The lowest BCUT2D eigenvalue weighted by Crippen LogP contribution is -2.45. The second-order valence-electron chi connectivity index (χ2n) is 7.49. The molecular formula is C22H44N2O3. The van der Waals surface area contributed by atoms with E-state index in [9.17, 15) is 15.0 Å². The quantitative estimate of drug-likeness (QED) is 0.201. The number of amides is 1. The SMILES string of the molecule is CCCCCCCCCCCCC/C=C/[C@@H](O)[C@H](CO)NC(=O)CCCN. The van der Waals surface area contributed by atoms with Crippen molar-refractivity contribution in [3.8, 4) is 0 Å². The van der Waals surface area contributed by atoms with E-state index < -0.39 is 12.1 Å². The maximum Gasteiger partial charge on any atom is 0.220 e. The average molecular weight is 385 g/mol. The third-order valence-electron chi connectivity index (χ3n) is 4.87. The summed E-state index contributed by atoms with van der Waals surface area (Å²) in [7, 11) is 0. The lowest BCUT2D eigenvalue weighted by atomic mass is 10.0. The zero-order valence-corrected chi connectivity index (χ0v) is 17.5. The lowest BCUT2D eigenvalue weighted by molar-refractivity contribution is -0.122. The number of nitrogens with two attached hydrogens (primary N) is 1. The molecule has 0 saturated carbocycles. The lowest BCUT2D eigenvalue weighted by Gasteiger charge is -2.19. The number of hydrogen-bond acceptors (Lipinski definition) is 4. The van der Waals surface area contributed by atoms with E-state index in [-0.39, 0.29) is 12.5 Å². The molecule has 0 rings (SSSR count). The molecule has 160 valence electrons. The Labute approximate surface area is 166 Å². The molecule has 27 heavy (non-hydrogen) atoms. The first-order chi connectivity index (χ1) is 13.2. The minimum Gasteiger partial charge on any atom is -0.394 e. The zero-order valence-electron chi connectivity index (χ0n) is 17.5. The molecule has 1 amide bonds. The first-order valence-electron chi connectivity index (χ1n) is 11.1. The van der Waals surface area contributed by atoms with E-state index >= 15 is 0 Å². The van der Waals surface area contributed by atoms with E-state index in [4.69, 9.17) is 5.73 Å². The maximum absolute atomic E-state index is 11.7. The highest BCUT2D eigenvalue weighted by molar-refractivity contribution is 5.76. The third-order valence-corrected chi connectivity index (χ3v) is 4.87. The van der Waals surface area contributed by atoms with Crippen LogP contribution < -0.4 is 11.1 Å². The van der Waals surface area contributed by atoms with E-state index in [0.717, 1.165) is 12.8 Å². The van der Waals surface area contributed by atoms with Crippen LogP contribution in [0.3, 0.4) is 0 Å². The number of allylic oxidation sites excluding steroid dienone is 1. The molecule has 0 heterocycles. The van der Waals surface area contributed by atoms with Crippen LogP contribution in [-0.2, 0) is 4.79 Å². The molecule has 0 aromatic heterocycles. The molecule has 0 radical (unpaired) electrons. The van der Waals surface area contributed by atoms with Gasteiger partial charge in [-0.3, -0.25) is 4.79 Å². The van der Waals surface area contributed by atoms with Gasteiger partial charge in [0.1, 0.15) is 0 Å². The molecule has 0 aliphatic heterocycles. The Morgan fingerprint density at radius 1 is 0.963 bits per heavy atom. The van der Waals surface area contributed by atoms with Gasteiger partial charge in [-0.1, -0.05) is 83.3 Å². The van der Waals surface area contributed by atoms with Gasteiger partial charge in [-0.15, -0.1) is 0 Å². The molecule has 0 aromatic rings. The van der Waals surface area contributed by atoms with Crippen LogP contribution in [0.4, 0.5) is 0 Å². The van der Waals surface area contributed by atoms with Crippen molar-refractivity contribution in [2.45, 2.75) is 109 Å². The van der Waals surface area contributed by atoms with E-state index in [1.165, 1.54) is 64.2 Å². The van der Waals surface area contributed by atoms with Crippen molar-refractivity contribution < 1.29 is 15.0 Å². The summed E-state index contributed by atoms with van der Waals surface area (Å²) in [6.07, 6.45) is 19.1. The Morgan fingerprint density at radius 2 is 1.52 bits per heavy atom. The first kappa shape index (κ1) is 26.1. The summed E-state index contributed by atoms with van der Waals surface area (Å²) >= 11 is 0. The fourth-order valence-electron chi connectivity index (χ4n) is 3.08. The van der Waals surface area contributed by atoms with E-state index in [1.807, 2.05) is 6.08 Å². The predicted molar refractivity (Wildman–Crippen MR) is 114 cm³/mol. The van der Waals surface area contributed by atoms with Gasteiger partial charge in [0.15, 0.2) is 0 Å². The van der Waals surface area contributed by atoms with Gasteiger partial charge in [0, 0.05) is 6.42 Å². The van der Waals surface area contributed by atoms with Crippen molar-refractivity contribution in [3.63, 3.8) is 0 Å². The summed E-state index contributed by atoms with van der Waals surface area (Å²) in [4.78, 5) is 11.7. The van der Waals surface area contributed by atoms with Gasteiger partial charge >= 0.3 is 0 Å². The Bertz CT molecular complexity index is 361. The molecule has 0 aliphatic carbocycles. The number of aliphatic hydroxyl groups is 2. The molecule has 5 N–H and O–H groups in total. The fourth-order valence-corrected chi connectivity index (χ4v) is 3.08. The van der Waals surface area contributed by atoms with Crippen LogP contribution in [0.5, 0.6) is 0 Å². The van der Waals surface area contributed by atoms with Crippen LogP contribution in [0, 0.1) is 0 Å². The molecule has 2 atom stereocenters. The zero-order chi connectivity index (χ0) is 20.2. The summed E-state index contributed by atoms with van der Waals surface area (Å²) in [6.45, 7) is 2.43. The van der Waals surface area contributed by atoms with Gasteiger partial charge in [0.05, 0.1) is 18.8 Å². The second-order valence-corrected chi connectivity index (χ2v) is 7.49. The van der Waals surface area contributed by atoms with Crippen molar-refractivity contribution in [3.05, 3.63) is 12.2 Å². The van der Waals surface area contributed by atoms with Gasteiger partial charge < -0.3 is 21.3 Å². The largest absolute Gasteiger partial charge is 0.394 e.